The third-order valence-electron chi connectivity index (χ3n) is 3.07. The Hall–Kier alpha value is -2.06. The standard InChI is InChI=1S/C13H15ClN4O3S/c1-9(19)18(3)11-6-4-10(5-7-11)16-22(20,21)13-12(14)17(2)8-15-13/h4-8,16H,1-3H3. The Labute approximate surface area is 133 Å². The molecular weight excluding hydrogens is 328 g/mol. The second kappa shape index (κ2) is 5.98. The summed E-state index contributed by atoms with van der Waals surface area (Å²) in [5.41, 5.74) is 1.01. The third kappa shape index (κ3) is 3.23. The summed E-state index contributed by atoms with van der Waals surface area (Å²) in [6, 6.07) is 6.39. The van der Waals surface area contributed by atoms with Crippen LogP contribution in [0.5, 0.6) is 0 Å². The molecule has 0 aliphatic heterocycles. The van der Waals surface area contributed by atoms with Gasteiger partial charge in [0.05, 0.1) is 6.33 Å². The van der Waals surface area contributed by atoms with Crippen LogP contribution in [-0.4, -0.2) is 30.9 Å². The predicted octanol–water partition coefficient (Wildman–Crippen LogP) is 1.86. The quantitative estimate of drug-likeness (QED) is 0.919. The molecule has 1 N–H and O–H groups in total. The van der Waals surface area contributed by atoms with Crippen LogP contribution in [0.1, 0.15) is 6.92 Å². The van der Waals surface area contributed by atoms with Crippen molar-refractivity contribution in [1.29, 1.82) is 0 Å². The van der Waals surface area contributed by atoms with Gasteiger partial charge in [0.15, 0.2) is 0 Å². The van der Waals surface area contributed by atoms with Gasteiger partial charge in [-0.2, -0.15) is 8.42 Å². The number of sulfonamides is 1. The molecule has 0 aliphatic rings. The lowest BCUT2D eigenvalue weighted by molar-refractivity contribution is -0.116. The fraction of sp³-hybridized carbons (Fsp3) is 0.231. The predicted molar refractivity (Wildman–Crippen MR) is 84.6 cm³/mol. The van der Waals surface area contributed by atoms with Crippen molar-refractivity contribution in [3.63, 3.8) is 0 Å². The van der Waals surface area contributed by atoms with Crippen molar-refractivity contribution < 1.29 is 13.2 Å². The molecule has 0 saturated heterocycles. The molecule has 1 heterocycles. The first-order valence-electron chi connectivity index (χ1n) is 6.26. The molecule has 2 rings (SSSR count). The van der Waals surface area contributed by atoms with Crippen molar-refractivity contribution in [3.05, 3.63) is 35.7 Å². The van der Waals surface area contributed by atoms with Gasteiger partial charge in [0.1, 0.15) is 5.15 Å². The first kappa shape index (κ1) is 16.3. The summed E-state index contributed by atoms with van der Waals surface area (Å²) in [6.07, 6.45) is 1.32. The van der Waals surface area contributed by atoms with E-state index in [1.165, 1.54) is 22.7 Å². The van der Waals surface area contributed by atoms with E-state index >= 15 is 0 Å². The van der Waals surface area contributed by atoms with Gasteiger partial charge in [0, 0.05) is 32.4 Å². The van der Waals surface area contributed by atoms with E-state index in [0.29, 0.717) is 11.4 Å². The highest BCUT2D eigenvalue weighted by molar-refractivity contribution is 7.92. The minimum absolute atomic E-state index is 0.0282. The number of rotatable bonds is 4. The number of benzene rings is 1. The van der Waals surface area contributed by atoms with E-state index in [4.69, 9.17) is 11.6 Å². The first-order chi connectivity index (χ1) is 10.2. The van der Waals surface area contributed by atoms with Crippen molar-refractivity contribution in [1.82, 2.24) is 9.55 Å². The van der Waals surface area contributed by atoms with E-state index in [1.807, 2.05) is 0 Å². The van der Waals surface area contributed by atoms with Crippen LogP contribution in [0.4, 0.5) is 11.4 Å². The number of amides is 1. The Bertz CT molecular complexity index is 799. The molecule has 0 atom stereocenters. The maximum atomic E-state index is 12.2. The van der Waals surface area contributed by atoms with Crippen LogP contribution in [0, 0.1) is 0 Å². The number of carbonyl (C=O) groups is 1. The number of aromatic nitrogens is 2. The molecule has 0 spiro atoms. The number of halogens is 1. The average Bonchev–Trinajstić information content (AvgIpc) is 2.79. The number of anilines is 2. The first-order valence-corrected chi connectivity index (χ1v) is 8.12. The van der Waals surface area contributed by atoms with Gasteiger partial charge in [-0.15, -0.1) is 0 Å². The van der Waals surface area contributed by atoms with Gasteiger partial charge in [-0.3, -0.25) is 9.52 Å². The minimum atomic E-state index is -3.87. The fourth-order valence-electron chi connectivity index (χ4n) is 1.71. The maximum Gasteiger partial charge on any atom is 0.282 e. The van der Waals surface area contributed by atoms with Crippen LogP contribution in [0.3, 0.4) is 0 Å². The Kier molecular flexibility index (Phi) is 4.43. The number of hydrogen-bond acceptors (Lipinski definition) is 4. The molecule has 0 saturated carbocycles. The van der Waals surface area contributed by atoms with Gasteiger partial charge >= 0.3 is 0 Å². The van der Waals surface area contributed by atoms with Crippen LogP contribution in [0.2, 0.25) is 5.15 Å². The number of carbonyl (C=O) groups excluding carboxylic acids is 1. The van der Waals surface area contributed by atoms with Crippen molar-refractivity contribution in [2.75, 3.05) is 16.7 Å². The van der Waals surface area contributed by atoms with Gasteiger partial charge in [0.25, 0.3) is 10.0 Å². The fourth-order valence-corrected chi connectivity index (χ4v) is 3.20. The third-order valence-corrected chi connectivity index (χ3v) is 4.94. The molecule has 118 valence electrons. The number of hydrogen-bond donors (Lipinski definition) is 1. The summed E-state index contributed by atoms with van der Waals surface area (Å²) >= 11 is 5.90. The minimum Gasteiger partial charge on any atom is -0.324 e. The topological polar surface area (TPSA) is 84.3 Å². The molecular formula is C13H15ClN4O3S. The molecule has 0 unspecified atom stereocenters. The second-order valence-corrected chi connectivity index (χ2v) is 6.64. The van der Waals surface area contributed by atoms with E-state index in [0.717, 1.165) is 0 Å². The van der Waals surface area contributed by atoms with Gasteiger partial charge in [0.2, 0.25) is 10.9 Å². The lowest BCUT2D eigenvalue weighted by atomic mass is 10.2. The second-order valence-electron chi connectivity index (χ2n) is 4.68. The van der Waals surface area contributed by atoms with E-state index < -0.39 is 10.0 Å². The van der Waals surface area contributed by atoms with Gasteiger partial charge in [-0.25, -0.2) is 4.98 Å². The monoisotopic (exact) mass is 342 g/mol. The zero-order chi connectivity index (χ0) is 16.5. The van der Waals surface area contributed by atoms with E-state index in [1.54, 1.807) is 38.4 Å². The highest BCUT2D eigenvalue weighted by Gasteiger charge is 2.22. The van der Waals surface area contributed by atoms with Crippen molar-refractivity contribution in [2.45, 2.75) is 11.9 Å². The van der Waals surface area contributed by atoms with E-state index in [2.05, 4.69) is 9.71 Å². The van der Waals surface area contributed by atoms with E-state index in [9.17, 15) is 13.2 Å². The molecule has 1 amide bonds. The molecule has 0 aliphatic carbocycles. The van der Waals surface area contributed by atoms with E-state index in [-0.39, 0.29) is 16.1 Å². The maximum absolute atomic E-state index is 12.2. The summed E-state index contributed by atoms with van der Waals surface area (Å²) in [4.78, 5) is 16.5. The number of nitrogens with zero attached hydrogens (tertiary/aromatic N) is 3. The molecule has 22 heavy (non-hydrogen) atoms. The Balaban J connectivity index is 2.24. The molecule has 0 radical (unpaired) electrons. The smallest absolute Gasteiger partial charge is 0.282 e. The Morgan fingerprint density at radius 1 is 1.32 bits per heavy atom. The molecule has 9 heteroatoms. The van der Waals surface area contributed by atoms with Crippen LogP contribution in [0.15, 0.2) is 35.6 Å². The lowest BCUT2D eigenvalue weighted by Crippen LogP contribution is -2.22. The molecule has 2 aromatic rings. The van der Waals surface area contributed by atoms with Crippen LogP contribution < -0.4 is 9.62 Å². The highest BCUT2D eigenvalue weighted by atomic mass is 35.5. The summed E-state index contributed by atoms with van der Waals surface area (Å²) in [5.74, 6) is -0.117. The van der Waals surface area contributed by atoms with Gasteiger partial charge in [-0.1, -0.05) is 11.6 Å². The Morgan fingerprint density at radius 2 is 1.91 bits per heavy atom. The van der Waals surface area contributed by atoms with Crippen LogP contribution >= 0.6 is 11.6 Å². The summed E-state index contributed by atoms with van der Waals surface area (Å²) in [7, 11) is -0.635. The van der Waals surface area contributed by atoms with Gasteiger partial charge in [-0.05, 0) is 24.3 Å². The van der Waals surface area contributed by atoms with Crippen LogP contribution in [0.25, 0.3) is 0 Å². The molecule has 0 fully saturated rings. The highest BCUT2D eigenvalue weighted by Crippen LogP contribution is 2.23. The summed E-state index contributed by atoms with van der Waals surface area (Å²) in [5, 5.41) is -0.206. The summed E-state index contributed by atoms with van der Waals surface area (Å²) < 4.78 is 28.3. The summed E-state index contributed by atoms with van der Waals surface area (Å²) in [6.45, 7) is 1.44. The molecule has 1 aromatic carbocycles. The van der Waals surface area contributed by atoms with Gasteiger partial charge < -0.3 is 9.47 Å². The number of imidazole rings is 1. The number of nitrogens with one attached hydrogen (secondary N) is 1. The number of aryl methyl sites for hydroxylation is 1. The normalized spacial score (nSPS) is 11.3. The van der Waals surface area contributed by atoms with Crippen molar-refractivity contribution >= 4 is 38.9 Å². The zero-order valence-electron chi connectivity index (χ0n) is 12.2. The molecule has 1 aromatic heterocycles. The average molecular weight is 343 g/mol. The largest absolute Gasteiger partial charge is 0.324 e. The zero-order valence-corrected chi connectivity index (χ0v) is 13.8. The van der Waals surface area contributed by atoms with Crippen molar-refractivity contribution in [3.8, 4) is 0 Å². The Morgan fingerprint density at radius 3 is 2.36 bits per heavy atom. The SMILES string of the molecule is CC(=O)N(C)c1ccc(NS(=O)(=O)c2ncn(C)c2Cl)cc1. The van der Waals surface area contributed by atoms with Crippen LogP contribution in [-0.2, 0) is 21.9 Å². The molecule has 0 bridgehead atoms. The lowest BCUT2D eigenvalue weighted by Gasteiger charge is -2.15. The molecule has 7 nitrogen and oxygen atoms in total. The van der Waals surface area contributed by atoms with Crippen molar-refractivity contribution in [2.24, 2.45) is 7.05 Å².